The Kier molecular flexibility index (Phi) is 5.20. The molecule has 1 unspecified atom stereocenters. The Balaban J connectivity index is 1.79. The van der Waals surface area contributed by atoms with Crippen molar-refractivity contribution in [2.24, 2.45) is 5.73 Å². The maximum atomic E-state index is 10.6. The summed E-state index contributed by atoms with van der Waals surface area (Å²) in [5, 5.41) is 3.57. The van der Waals surface area contributed by atoms with Gasteiger partial charge in [0, 0.05) is 19.2 Å². The summed E-state index contributed by atoms with van der Waals surface area (Å²) in [6.07, 6.45) is 2.07. The van der Waals surface area contributed by atoms with E-state index in [9.17, 15) is 4.79 Å². The first kappa shape index (κ1) is 15.8. The number of benzene rings is 1. The molecule has 1 atom stereocenters. The van der Waals surface area contributed by atoms with E-state index in [2.05, 4.69) is 19.2 Å². The van der Waals surface area contributed by atoms with E-state index >= 15 is 0 Å². The summed E-state index contributed by atoms with van der Waals surface area (Å²) in [5.74, 6) is 0.188. The van der Waals surface area contributed by atoms with Gasteiger partial charge in [-0.15, -0.1) is 0 Å². The molecule has 0 saturated carbocycles. The van der Waals surface area contributed by atoms with Crippen LogP contribution in [0.15, 0.2) is 24.3 Å². The fraction of sp³-hybridized carbons (Fsp3) is 0.562. The largest absolute Gasteiger partial charge is 0.484 e. The lowest BCUT2D eigenvalue weighted by Gasteiger charge is -2.36. The summed E-state index contributed by atoms with van der Waals surface area (Å²) in [7, 11) is 0. The maximum absolute atomic E-state index is 10.6. The molecule has 116 valence electrons. The van der Waals surface area contributed by atoms with E-state index in [4.69, 9.17) is 15.2 Å². The van der Waals surface area contributed by atoms with Gasteiger partial charge in [-0.3, -0.25) is 4.79 Å². The predicted molar refractivity (Wildman–Crippen MR) is 81.0 cm³/mol. The highest BCUT2D eigenvalue weighted by Crippen LogP contribution is 2.24. The average molecular weight is 292 g/mol. The topological polar surface area (TPSA) is 73.6 Å². The first-order valence-corrected chi connectivity index (χ1v) is 7.32. The lowest BCUT2D eigenvalue weighted by Crippen LogP contribution is -2.43. The van der Waals surface area contributed by atoms with Crippen LogP contribution in [0.2, 0.25) is 0 Å². The van der Waals surface area contributed by atoms with Gasteiger partial charge in [0.05, 0.1) is 5.60 Å². The molecule has 3 N–H and O–H groups in total. The molecule has 1 amide bonds. The Bertz CT molecular complexity index is 471. The number of nitrogens with one attached hydrogen (secondary N) is 1. The second-order valence-electron chi connectivity index (χ2n) is 6.08. The van der Waals surface area contributed by atoms with Gasteiger partial charge >= 0.3 is 0 Å². The van der Waals surface area contributed by atoms with E-state index in [-0.39, 0.29) is 12.2 Å². The van der Waals surface area contributed by atoms with Crippen LogP contribution in [-0.2, 0) is 16.1 Å². The quantitative estimate of drug-likeness (QED) is 0.835. The van der Waals surface area contributed by atoms with Crippen LogP contribution in [0.3, 0.4) is 0 Å². The van der Waals surface area contributed by atoms with Crippen LogP contribution in [0.5, 0.6) is 5.75 Å². The van der Waals surface area contributed by atoms with Gasteiger partial charge in [-0.05, 0) is 44.4 Å². The Morgan fingerprint density at radius 3 is 2.76 bits per heavy atom. The number of hydrogen-bond donors (Lipinski definition) is 2. The van der Waals surface area contributed by atoms with Crippen molar-refractivity contribution in [2.75, 3.05) is 13.2 Å². The van der Waals surface area contributed by atoms with Gasteiger partial charge in [0.25, 0.3) is 5.91 Å². The van der Waals surface area contributed by atoms with Crippen molar-refractivity contribution in [2.45, 2.75) is 44.9 Å². The number of rotatable bonds is 6. The molecule has 0 bridgehead atoms. The van der Waals surface area contributed by atoms with Crippen LogP contribution >= 0.6 is 0 Å². The summed E-state index contributed by atoms with van der Waals surface area (Å²) in [5.41, 5.74) is 6.18. The van der Waals surface area contributed by atoms with E-state index < -0.39 is 5.91 Å². The Morgan fingerprint density at radius 1 is 1.43 bits per heavy atom. The second-order valence-corrected chi connectivity index (χ2v) is 6.08. The van der Waals surface area contributed by atoms with E-state index in [1.807, 2.05) is 24.3 Å². The molecule has 1 aliphatic rings. The van der Waals surface area contributed by atoms with Crippen LogP contribution < -0.4 is 15.8 Å². The highest BCUT2D eigenvalue weighted by molar-refractivity contribution is 5.75. The third kappa shape index (κ3) is 5.36. The van der Waals surface area contributed by atoms with E-state index in [1.165, 1.54) is 5.56 Å². The molecule has 1 aliphatic heterocycles. The third-order valence-corrected chi connectivity index (χ3v) is 3.60. The number of nitrogens with two attached hydrogens (primary N) is 1. The summed E-state index contributed by atoms with van der Waals surface area (Å²) < 4.78 is 10.9. The van der Waals surface area contributed by atoms with Crippen LogP contribution in [0.4, 0.5) is 0 Å². The monoisotopic (exact) mass is 292 g/mol. The predicted octanol–water partition coefficient (Wildman–Crippen LogP) is 1.60. The minimum absolute atomic E-state index is 0.0393. The van der Waals surface area contributed by atoms with Gasteiger partial charge in [-0.25, -0.2) is 0 Å². The molecule has 21 heavy (non-hydrogen) atoms. The molecule has 2 rings (SSSR count). The minimum Gasteiger partial charge on any atom is -0.484 e. The fourth-order valence-electron chi connectivity index (χ4n) is 2.53. The van der Waals surface area contributed by atoms with Gasteiger partial charge in [0.2, 0.25) is 0 Å². The molecule has 1 aromatic carbocycles. The van der Waals surface area contributed by atoms with Crippen molar-refractivity contribution in [3.63, 3.8) is 0 Å². The molecule has 0 radical (unpaired) electrons. The first-order valence-electron chi connectivity index (χ1n) is 7.32. The summed E-state index contributed by atoms with van der Waals surface area (Å²) in [6.45, 7) is 5.80. The summed E-state index contributed by atoms with van der Waals surface area (Å²) in [6, 6.07) is 8.18. The zero-order valence-corrected chi connectivity index (χ0v) is 12.7. The SMILES string of the molecule is CC1(C)CC(NCc2ccc(OCC(N)=O)cc2)CCO1. The number of amides is 1. The Morgan fingerprint density at radius 2 is 2.14 bits per heavy atom. The highest BCUT2D eigenvalue weighted by Gasteiger charge is 2.28. The van der Waals surface area contributed by atoms with E-state index in [0.717, 1.165) is 26.0 Å². The van der Waals surface area contributed by atoms with Crippen LogP contribution in [-0.4, -0.2) is 30.8 Å². The van der Waals surface area contributed by atoms with Crippen molar-refractivity contribution in [3.8, 4) is 5.75 Å². The third-order valence-electron chi connectivity index (χ3n) is 3.60. The fourth-order valence-corrected chi connectivity index (χ4v) is 2.53. The molecular formula is C16H24N2O3. The molecule has 0 spiro atoms. The summed E-state index contributed by atoms with van der Waals surface area (Å²) >= 11 is 0. The molecule has 0 aliphatic carbocycles. The number of carbonyl (C=O) groups is 1. The number of primary amides is 1. The van der Waals surface area contributed by atoms with Crippen molar-refractivity contribution in [1.82, 2.24) is 5.32 Å². The molecule has 1 fully saturated rings. The molecule has 1 heterocycles. The van der Waals surface area contributed by atoms with Gasteiger partial charge in [0.15, 0.2) is 6.61 Å². The molecular weight excluding hydrogens is 268 g/mol. The van der Waals surface area contributed by atoms with Gasteiger partial charge in [-0.2, -0.15) is 0 Å². The molecule has 5 heteroatoms. The van der Waals surface area contributed by atoms with Crippen molar-refractivity contribution < 1.29 is 14.3 Å². The first-order chi connectivity index (χ1) is 9.94. The van der Waals surface area contributed by atoms with Gasteiger partial charge in [-0.1, -0.05) is 12.1 Å². The zero-order chi connectivity index (χ0) is 15.3. The average Bonchev–Trinajstić information content (AvgIpc) is 2.43. The normalized spacial score (nSPS) is 21.0. The number of ether oxygens (including phenoxy) is 2. The molecule has 1 aromatic rings. The highest BCUT2D eigenvalue weighted by atomic mass is 16.5. The van der Waals surface area contributed by atoms with E-state index in [0.29, 0.717) is 11.8 Å². The van der Waals surface area contributed by atoms with Crippen LogP contribution in [0.25, 0.3) is 0 Å². The summed E-state index contributed by atoms with van der Waals surface area (Å²) in [4.78, 5) is 10.6. The smallest absolute Gasteiger partial charge is 0.255 e. The Hall–Kier alpha value is -1.59. The van der Waals surface area contributed by atoms with Gasteiger partial charge < -0.3 is 20.5 Å². The van der Waals surface area contributed by atoms with Crippen molar-refractivity contribution in [3.05, 3.63) is 29.8 Å². The molecule has 1 saturated heterocycles. The second kappa shape index (κ2) is 6.91. The number of carbonyl (C=O) groups excluding carboxylic acids is 1. The van der Waals surface area contributed by atoms with Crippen molar-refractivity contribution >= 4 is 5.91 Å². The maximum Gasteiger partial charge on any atom is 0.255 e. The standard InChI is InChI=1S/C16H24N2O3/c1-16(2)9-13(7-8-21-16)18-10-12-3-5-14(6-4-12)20-11-15(17)19/h3-6,13,18H,7-11H2,1-2H3,(H2,17,19). The minimum atomic E-state index is -0.470. The van der Waals surface area contributed by atoms with Gasteiger partial charge in [0.1, 0.15) is 5.75 Å². The van der Waals surface area contributed by atoms with E-state index in [1.54, 1.807) is 0 Å². The Labute approximate surface area is 125 Å². The lowest BCUT2D eigenvalue weighted by atomic mass is 9.94. The van der Waals surface area contributed by atoms with Crippen LogP contribution in [0.1, 0.15) is 32.3 Å². The molecule has 5 nitrogen and oxygen atoms in total. The van der Waals surface area contributed by atoms with Crippen LogP contribution in [0, 0.1) is 0 Å². The number of hydrogen-bond acceptors (Lipinski definition) is 4. The van der Waals surface area contributed by atoms with Crippen molar-refractivity contribution in [1.29, 1.82) is 0 Å². The lowest BCUT2D eigenvalue weighted by molar-refractivity contribution is -0.119. The zero-order valence-electron chi connectivity index (χ0n) is 12.7. The molecule has 0 aromatic heterocycles.